The summed E-state index contributed by atoms with van der Waals surface area (Å²) < 4.78 is 0. The summed E-state index contributed by atoms with van der Waals surface area (Å²) in [7, 11) is 4.25. The molecule has 0 aromatic carbocycles. The zero-order chi connectivity index (χ0) is 13.8. The first kappa shape index (κ1) is 14.8. The van der Waals surface area contributed by atoms with Crippen LogP contribution in [0.3, 0.4) is 0 Å². The van der Waals surface area contributed by atoms with Gasteiger partial charge in [-0.15, -0.1) is 0 Å². The number of nitrogens with two attached hydrogens (primary N) is 1. The van der Waals surface area contributed by atoms with Crippen LogP contribution in [0.4, 0.5) is 0 Å². The number of hydrogen-bond acceptors (Lipinski definition) is 3. The van der Waals surface area contributed by atoms with E-state index in [9.17, 15) is 4.79 Å². The lowest BCUT2D eigenvalue weighted by molar-refractivity contribution is -0.138. The molecular weight excluding hydrogens is 238 g/mol. The van der Waals surface area contributed by atoms with E-state index in [0.29, 0.717) is 18.4 Å². The molecule has 2 aliphatic rings. The number of likely N-dealkylation sites (tertiary alicyclic amines) is 1. The highest BCUT2D eigenvalue weighted by Gasteiger charge is 2.35. The fourth-order valence-corrected chi connectivity index (χ4v) is 3.73. The Hall–Kier alpha value is -0.610. The van der Waals surface area contributed by atoms with E-state index in [4.69, 9.17) is 5.73 Å². The lowest BCUT2D eigenvalue weighted by atomic mass is 9.91. The van der Waals surface area contributed by atoms with Crippen LogP contribution in [-0.4, -0.2) is 56.0 Å². The van der Waals surface area contributed by atoms with Crippen LogP contribution in [0.15, 0.2) is 0 Å². The van der Waals surface area contributed by atoms with Crippen LogP contribution < -0.4 is 5.73 Å². The average molecular weight is 267 g/mol. The molecule has 2 rings (SSSR count). The molecule has 2 atom stereocenters. The molecule has 110 valence electrons. The third-order valence-corrected chi connectivity index (χ3v) is 4.83. The number of nitrogens with zero attached hydrogens (tertiary/aromatic N) is 2. The Kier molecular flexibility index (Phi) is 5.22. The molecule has 2 fully saturated rings. The average Bonchev–Trinajstić information content (AvgIpc) is 2.86. The summed E-state index contributed by atoms with van der Waals surface area (Å²) >= 11 is 0. The van der Waals surface area contributed by atoms with E-state index < -0.39 is 0 Å². The summed E-state index contributed by atoms with van der Waals surface area (Å²) in [5.74, 6) is 1.80. The van der Waals surface area contributed by atoms with Crippen LogP contribution in [-0.2, 0) is 4.79 Å². The van der Waals surface area contributed by atoms with E-state index in [1.54, 1.807) is 0 Å². The summed E-state index contributed by atoms with van der Waals surface area (Å²) in [6.07, 6.45) is 5.69. The molecule has 0 spiro atoms. The predicted molar refractivity (Wildman–Crippen MR) is 77.7 cm³/mol. The Morgan fingerprint density at radius 1 is 1.21 bits per heavy atom. The molecule has 4 heteroatoms. The molecule has 1 saturated carbocycles. The maximum absolute atomic E-state index is 12.6. The molecule has 1 amide bonds. The molecule has 2 N–H and O–H groups in total. The van der Waals surface area contributed by atoms with Gasteiger partial charge in [-0.25, -0.2) is 0 Å². The van der Waals surface area contributed by atoms with Crippen molar-refractivity contribution in [3.63, 3.8) is 0 Å². The van der Waals surface area contributed by atoms with Crippen LogP contribution >= 0.6 is 0 Å². The Morgan fingerprint density at radius 2 is 1.89 bits per heavy atom. The van der Waals surface area contributed by atoms with Crippen molar-refractivity contribution in [2.75, 3.05) is 40.3 Å². The molecule has 0 bridgehead atoms. The molecule has 1 saturated heterocycles. The van der Waals surface area contributed by atoms with Gasteiger partial charge in [-0.05, 0) is 58.2 Å². The fourth-order valence-electron chi connectivity index (χ4n) is 3.73. The quantitative estimate of drug-likeness (QED) is 0.831. The first-order valence-electron chi connectivity index (χ1n) is 7.75. The summed E-state index contributed by atoms with van der Waals surface area (Å²) in [6, 6.07) is 0. The molecule has 4 nitrogen and oxygen atoms in total. The highest BCUT2D eigenvalue weighted by atomic mass is 16.2. The van der Waals surface area contributed by atoms with Gasteiger partial charge in [0.2, 0.25) is 5.91 Å². The highest BCUT2D eigenvalue weighted by molar-refractivity contribution is 5.79. The lowest BCUT2D eigenvalue weighted by Crippen LogP contribution is -2.44. The van der Waals surface area contributed by atoms with Crippen molar-refractivity contribution in [3.8, 4) is 0 Å². The maximum atomic E-state index is 12.6. The van der Waals surface area contributed by atoms with Gasteiger partial charge in [0.1, 0.15) is 0 Å². The van der Waals surface area contributed by atoms with Crippen molar-refractivity contribution < 1.29 is 4.79 Å². The van der Waals surface area contributed by atoms with Gasteiger partial charge in [-0.1, -0.05) is 6.42 Å². The zero-order valence-corrected chi connectivity index (χ0v) is 12.5. The Balaban J connectivity index is 1.82. The molecule has 1 aliphatic heterocycles. The largest absolute Gasteiger partial charge is 0.342 e. The second kappa shape index (κ2) is 6.71. The van der Waals surface area contributed by atoms with Crippen molar-refractivity contribution in [1.82, 2.24) is 9.80 Å². The summed E-state index contributed by atoms with van der Waals surface area (Å²) in [5, 5.41) is 0. The zero-order valence-electron chi connectivity index (χ0n) is 12.5. The maximum Gasteiger partial charge on any atom is 0.226 e. The molecule has 1 heterocycles. The second-order valence-corrected chi connectivity index (χ2v) is 6.56. The smallest absolute Gasteiger partial charge is 0.226 e. The monoisotopic (exact) mass is 267 g/mol. The number of amides is 1. The van der Waals surface area contributed by atoms with E-state index >= 15 is 0 Å². The van der Waals surface area contributed by atoms with Gasteiger partial charge >= 0.3 is 0 Å². The number of piperidine rings is 1. The van der Waals surface area contributed by atoms with Gasteiger partial charge in [0.05, 0.1) is 0 Å². The third kappa shape index (κ3) is 3.69. The van der Waals surface area contributed by atoms with Crippen LogP contribution in [0.2, 0.25) is 0 Å². The van der Waals surface area contributed by atoms with Gasteiger partial charge < -0.3 is 15.5 Å². The SMILES string of the molecule is CN(C)CC1CCN(C(=O)[C@@H]2CCC[C@@H]2CN)CC1. The molecule has 19 heavy (non-hydrogen) atoms. The van der Waals surface area contributed by atoms with E-state index in [1.165, 1.54) is 6.42 Å². The Bertz CT molecular complexity index is 298. The van der Waals surface area contributed by atoms with Crippen molar-refractivity contribution >= 4 is 5.91 Å². The van der Waals surface area contributed by atoms with Crippen LogP contribution in [0, 0.1) is 17.8 Å². The molecular formula is C15H29N3O. The minimum atomic E-state index is 0.218. The molecule has 0 aromatic rings. The number of carbonyl (C=O) groups is 1. The fraction of sp³-hybridized carbons (Fsp3) is 0.933. The predicted octanol–water partition coefficient (Wildman–Crippen LogP) is 1.16. The first-order valence-corrected chi connectivity index (χ1v) is 7.75. The van der Waals surface area contributed by atoms with E-state index in [0.717, 1.165) is 51.2 Å². The van der Waals surface area contributed by atoms with Gasteiger partial charge in [0.15, 0.2) is 0 Å². The van der Waals surface area contributed by atoms with Crippen molar-refractivity contribution in [3.05, 3.63) is 0 Å². The standard InChI is InChI=1S/C15H29N3O/c1-17(2)11-12-6-8-18(9-7-12)15(19)14-5-3-4-13(14)10-16/h12-14H,3-11,16H2,1-2H3/t13-,14-/m1/s1. The van der Waals surface area contributed by atoms with E-state index in [2.05, 4.69) is 23.9 Å². The minimum absolute atomic E-state index is 0.218. The van der Waals surface area contributed by atoms with E-state index in [1.807, 2.05) is 0 Å². The number of rotatable bonds is 4. The molecule has 0 unspecified atom stereocenters. The van der Waals surface area contributed by atoms with Gasteiger partial charge in [0, 0.05) is 25.6 Å². The van der Waals surface area contributed by atoms with Crippen LogP contribution in [0.25, 0.3) is 0 Å². The number of hydrogen-bond donors (Lipinski definition) is 1. The summed E-state index contributed by atoms with van der Waals surface area (Å²) in [4.78, 5) is 16.9. The van der Waals surface area contributed by atoms with Gasteiger partial charge in [0.25, 0.3) is 0 Å². The topological polar surface area (TPSA) is 49.6 Å². The van der Waals surface area contributed by atoms with Gasteiger partial charge in [-0.3, -0.25) is 4.79 Å². The first-order chi connectivity index (χ1) is 9.11. The van der Waals surface area contributed by atoms with Crippen molar-refractivity contribution in [2.45, 2.75) is 32.1 Å². The van der Waals surface area contributed by atoms with E-state index in [-0.39, 0.29) is 5.92 Å². The molecule has 0 radical (unpaired) electrons. The normalized spacial score (nSPS) is 29.2. The van der Waals surface area contributed by atoms with Crippen molar-refractivity contribution in [2.24, 2.45) is 23.5 Å². The van der Waals surface area contributed by atoms with Crippen LogP contribution in [0.1, 0.15) is 32.1 Å². The van der Waals surface area contributed by atoms with Crippen molar-refractivity contribution in [1.29, 1.82) is 0 Å². The Morgan fingerprint density at radius 3 is 2.47 bits per heavy atom. The molecule has 0 aromatic heterocycles. The molecule has 1 aliphatic carbocycles. The minimum Gasteiger partial charge on any atom is -0.342 e. The third-order valence-electron chi connectivity index (χ3n) is 4.83. The van der Waals surface area contributed by atoms with Gasteiger partial charge in [-0.2, -0.15) is 0 Å². The van der Waals surface area contributed by atoms with Crippen LogP contribution in [0.5, 0.6) is 0 Å². The highest BCUT2D eigenvalue weighted by Crippen LogP contribution is 2.33. The number of carbonyl (C=O) groups excluding carboxylic acids is 1. The summed E-state index contributed by atoms with van der Waals surface area (Å²) in [6.45, 7) is 3.72. The second-order valence-electron chi connectivity index (χ2n) is 6.56. The summed E-state index contributed by atoms with van der Waals surface area (Å²) in [5.41, 5.74) is 5.79. The Labute approximate surface area is 117 Å². The lowest BCUT2D eigenvalue weighted by Gasteiger charge is -2.35.